The molecule has 0 heterocycles. The Hall–Kier alpha value is -0.160. The first-order chi connectivity index (χ1) is 5.83. The topological polar surface area (TPSA) is 40.5 Å². The normalized spacial score (nSPS) is 13.4. The van der Waals surface area contributed by atoms with Crippen LogP contribution in [0, 0.1) is 0 Å². The lowest BCUT2D eigenvalue weighted by molar-refractivity contribution is -1.07. The molecule has 0 saturated carbocycles. The molecule has 2 N–H and O–H groups in total. The molecular formula is C9H24N2O2+2. The summed E-state index contributed by atoms with van der Waals surface area (Å²) in [7, 11) is 8.36. The zero-order valence-electron chi connectivity index (χ0n) is 9.32. The number of hydrogen-bond donors (Lipinski definition) is 2. The van der Waals surface area contributed by atoms with Gasteiger partial charge < -0.3 is 10.2 Å². The zero-order chi connectivity index (χ0) is 10.5. The fourth-order valence-electron chi connectivity index (χ4n) is 1.72. The van der Waals surface area contributed by atoms with Crippen molar-refractivity contribution in [3.05, 3.63) is 0 Å². The molecule has 4 nitrogen and oxygen atoms in total. The van der Waals surface area contributed by atoms with Crippen molar-refractivity contribution in [1.29, 1.82) is 0 Å². The van der Waals surface area contributed by atoms with Crippen LogP contribution in [-0.2, 0) is 0 Å². The van der Waals surface area contributed by atoms with Crippen molar-refractivity contribution >= 4 is 0 Å². The molecule has 4 heteroatoms. The summed E-state index contributed by atoms with van der Waals surface area (Å²) >= 11 is 0. The Labute approximate surface area is 81.2 Å². The van der Waals surface area contributed by atoms with E-state index in [4.69, 9.17) is 10.2 Å². The Bertz CT molecular complexity index is 131. The van der Waals surface area contributed by atoms with Crippen molar-refractivity contribution in [1.82, 2.24) is 0 Å². The maximum Gasteiger partial charge on any atom is 0.206 e. The van der Waals surface area contributed by atoms with Gasteiger partial charge in [-0.05, 0) is 0 Å². The van der Waals surface area contributed by atoms with E-state index >= 15 is 0 Å². The first-order valence-electron chi connectivity index (χ1n) is 4.69. The lowest BCUT2D eigenvalue weighted by Crippen LogP contribution is -2.57. The zero-order valence-corrected chi connectivity index (χ0v) is 9.32. The predicted molar refractivity (Wildman–Crippen MR) is 53.0 cm³/mol. The molecule has 0 radical (unpaired) electrons. The summed E-state index contributed by atoms with van der Waals surface area (Å²) < 4.78 is 1.56. The summed E-state index contributed by atoms with van der Waals surface area (Å²) in [6, 6.07) is 0. The quantitative estimate of drug-likeness (QED) is 0.422. The van der Waals surface area contributed by atoms with Gasteiger partial charge in [0.1, 0.15) is 13.1 Å². The van der Waals surface area contributed by atoms with Crippen LogP contribution in [0.5, 0.6) is 0 Å². The molecule has 0 aromatic carbocycles. The Morgan fingerprint density at radius 3 is 1.31 bits per heavy atom. The Morgan fingerprint density at radius 1 is 0.769 bits per heavy atom. The number of hydrogen-bond acceptors (Lipinski definition) is 2. The van der Waals surface area contributed by atoms with E-state index in [-0.39, 0.29) is 13.2 Å². The summed E-state index contributed by atoms with van der Waals surface area (Å²) in [6.07, 6.45) is 0. The van der Waals surface area contributed by atoms with E-state index in [2.05, 4.69) is 28.2 Å². The molecule has 0 bridgehead atoms. The first kappa shape index (κ1) is 12.8. The average Bonchev–Trinajstić information content (AvgIpc) is 1.82. The van der Waals surface area contributed by atoms with Crippen LogP contribution < -0.4 is 0 Å². The minimum Gasteiger partial charge on any atom is -0.391 e. The van der Waals surface area contributed by atoms with E-state index in [1.807, 2.05) is 0 Å². The van der Waals surface area contributed by atoms with Crippen LogP contribution in [0.25, 0.3) is 0 Å². The monoisotopic (exact) mass is 192 g/mol. The molecule has 0 aromatic heterocycles. The summed E-state index contributed by atoms with van der Waals surface area (Å²) in [5.74, 6) is 0. The van der Waals surface area contributed by atoms with Gasteiger partial charge in [0, 0.05) is 0 Å². The lowest BCUT2D eigenvalue weighted by atomic mass is 10.4. The molecule has 0 aliphatic heterocycles. The van der Waals surface area contributed by atoms with Gasteiger partial charge in [0.2, 0.25) is 6.67 Å². The van der Waals surface area contributed by atoms with Gasteiger partial charge in [0.05, 0.1) is 41.4 Å². The molecule has 0 aromatic rings. The SMILES string of the molecule is C[N+](C)(CCO)C[N+](C)(C)CCO. The second-order valence-electron chi connectivity index (χ2n) is 4.91. The Morgan fingerprint density at radius 2 is 1.08 bits per heavy atom. The molecule has 13 heavy (non-hydrogen) atoms. The third-order valence-electron chi connectivity index (χ3n) is 2.18. The van der Waals surface area contributed by atoms with Crippen LogP contribution in [-0.4, -0.2) is 80.3 Å². The first-order valence-corrected chi connectivity index (χ1v) is 4.69. The van der Waals surface area contributed by atoms with E-state index < -0.39 is 0 Å². The van der Waals surface area contributed by atoms with E-state index in [1.54, 1.807) is 0 Å². The van der Waals surface area contributed by atoms with Gasteiger partial charge in [0.15, 0.2) is 0 Å². The molecule has 80 valence electrons. The minimum atomic E-state index is 0.214. The van der Waals surface area contributed by atoms with Crippen molar-refractivity contribution in [2.24, 2.45) is 0 Å². The lowest BCUT2D eigenvalue weighted by Gasteiger charge is -2.38. The molecule has 0 rings (SSSR count). The summed E-state index contributed by atoms with van der Waals surface area (Å²) in [5, 5.41) is 17.7. The number of nitrogens with zero attached hydrogens (tertiary/aromatic N) is 2. The molecule has 0 atom stereocenters. The number of likely N-dealkylation sites (N-methyl/N-ethyl adjacent to an activating group) is 2. The maximum atomic E-state index is 8.86. The van der Waals surface area contributed by atoms with Crippen molar-refractivity contribution in [3.63, 3.8) is 0 Å². The fraction of sp³-hybridized carbons (Fsp3) is 1.00. The minimum absolute atomic E-state index is 0.214. The van der Waals surface area contributed by atoms with Crippen LogP contribution in [0.1, 0.15) is 0 Å². The van der Waals surface area contributed by atoms with Gasteiger partial charge in [-0.1, -0.05) is 0 Å². The standard InChI is InChI=1S/C9H24N2O2/c1-10(2,5-7-12)9-11(3,4)6-8-13/h12-13H,5-9H2,1-4H3/q+2. The fourth-order valence-corrected chi connectivity index (χ4v) is 1.72. The van der Waals surface area contributed by atoms with Crippen molar-refractivity contribution in [3.8, 4) is 0 Å². The highest BCUT2D eigenvalue weighted by atomic mass is 16.3. The van der Waals surface area contributed by atoms with Crippen LogP contribution in [0.3, 0.4) is 0 Å². The Kier molecular flexibility index (Phi) is 4.85. The number of quaternary nitrogens is 2. The predicted octanol–water partition coefficient (Wildman–Crippen LogP) is -0.919. The highest BCUT2D eigenvalue weighted by Crippen LogP contribution is 2.04. The van der Waals surface area contributed by atoms with Crippen molar-refractivity contribution < 1.29 is 19.2 Å². The van der Waals surface area contributed by atoms with Crippen molar-refractivity contribution in [2.45, 2.75) is 0 Å². The van der Waals surface area contributed by atoms with Gasteiger partial charge in [-0.3, -0.25) is 8.97 Å². The van der Waals surface area contributed by atoms with E-state index in [0.29, 0.717) is 0 Å². The van der Waals surface area contributed by atoms with Crippen LogP contribution in [0.4, 0.5) is 0 Å². The molecular weight excluding hydrogens is 168 g/mol. The Balaban J connectivity index is 4.07. The highest BCUT2D eigenvalue weighted by molar-refractivity contribution is 4.29. The van der Waals surface area contributed by atoms with E-state index in [9.17, 15) is 0 Å². The third-order valence-corrected chi connectivity index (χ3v) is 2.18. The number of aliphatic hydroxyl groups is 2. The van der Waals surface area contributed by atoms with Gasteiger partial charge in [-0.2, -0.15) is 0 Å². The van der Waals surface area contributed by atoms with Gasteiger partial charge >= 0.3 is 0 Å². The smallest absolute Gasteiger partial charge is 0.206 e. The molecule has 0 unspecified atom stereocenters. The maximum absolute atomic E-state index is 8.86. The van der Waals surface area contributed by atoms with Gasteiger partial charge in [0.25, 0.3) is 0 Å². The summed E-state index contributed by atoms with van der Waals surface area (Å²) in [6.45, 7) is 2.86. The number of aliphatic hydroxyl groups excluding tert-OH is 2. The second kappa shape index (κ2) is 4.91. The van der Waals surface area contributed by atoms with Crippen LogP contribution in [0.15, 0.2) is 0 Å². The third kappa shape index (κ3) is 5.99. The van der Waals surface area contributed by atoms with Gasteiger partial charge in [-0.15, -0.1) is 0 Å². The molecule has 0 fully saturated rings. The molecule has 0 amide bonds. The van der Waals surface area contributed by atoms with Crippen molar-refractivity contribution in [2.75, 3.05) is 61.2 Å². The van der Waals surface area contributed by atoms with E-state index in [1.165, 1.54) is 0 Å². The molecule has 0 aliphatic carbocycles. The summed E-state index contributed by atoms with van der Waals surface area (Å²) in [5.41, 5.74) is 0. The van der Waals surface area contributed by atoms with E-state index in [0.717, 1.165) is 28.7 Å². The van der Waals surface area contributed by atoms with Crippen LogP contribution >= 0.6 is 0 Å². The summed E-state index contributed by atoms with van der Waals surface area (Å²) in [4.78, 5) is 0. The highest BCUT2D eigenvalue weighted by Gasteiger charge is 2.26. The van der Waals surface area contributed by atoms with Gasteiger partial charge in [-0.25, -0.2) is 0 Å². The largest absolute Gasteiger partial charge is 0.391 e. The van der Waals surface area contributed by atoms with Crippen LogP contribution in [0.2, 0.25) is 0 Å². The molecule has 0 saturated heterocycles. The number of rotatable bonds is 6. The second-order valence-corrected chi connectivity index (χ2v) is 4.91. The molecule has 0 aliphatic rings. The average molecular weight is 192 g/mol. The molecule has 0 spiro atoms.